The molecule has 2 aromatic rings. The molecule has 0 unspecified atom stereocenters. The van der Waals surface area contributed by atoms with E-state index in [0.717, 1.165) is 23.5 Å². The maximum atomic E-state index is 5.45. The van der Waals surface area contributed by atoms with Crippen LogP contribution < -0.4 is 10.1 Å². The average molecular weight is 340 g/mol. The van der Waals surface area contributed by atoms with E-state index in [0.29, 0.717) is 0 Å². The average Bonchev–Trinajstić information content (AvgIpc) is 2.68. The molecule has 0 aliphatic heterocycles. The third-order valence-electron chi connectivity index (χ3n) is 3.17. The summed E-state index contributed by atoms with van der Waals surface area (Å²) in [4.78, 5) is 2.64. The number of anilines is 1. The standard InChI is InChI=1S/C15H18BrNOS/c1-9-5-6-14(10(2)15(9)18-4)17-8-12-7-13(16)11(3)19-12/h5-7,17H,8H2,1-4H3. The van der Waals surface area contributed by atoms with Crippen LogP contribution in [0.3, 0.4) is 0 Å². The number of nitrogens with one attached hydrogen (secondary N) is 1. The molecular weight excluding hydrogens is 322 g/mol. The first-order valence-electron chi connectivity index (χ1n) is 6.15. The molecule has 0 aliphatic rings. The van der Waals surface area contributed by atoms with Crippen LogP contribution in [0.2, 0.25) is 0 Å². The van der Waals surface area contributed by atoms with Gasteiger partial charge >= 0.3 is 0 Å². The molecule has 0 atom stereocenters. The molecule has 1 N–H and O–H groups in total. The Labute approximate surface area is 126 Å². The highest BCUT2D eigenvalue weighted by molar-refractivity contribution is 9.10. The molecule has 0 fully saturated rings. The fourth-order valence-corrected chi connectivity index (χ4v) is 3.66. The zero-order chi connectivity index (χ0) is 14.0. The lowest BCUT2D eigenvalue weighted by atomic mass is 10.1. The Bertz CT molecular complexity index is 573. The van der Waals surface area contributed by atoms with Crippen molar-refractivity contribution in [3.05, 3.63) is 43.6 Å². The number of hydrogen-bond acceptors (Lipinski definition) is 3. The maximum absolute atomic E-state index is 5.45. The molecule has 0 bridgehead atoms. The monoisotopic (exact) mass is 339 g/mol. The Balaban J connectivity index is 2.16. The van der Waals surface area contributed by atoms with E-state index in [-0.39, 0.29) is 0 Å². The fraction of sp³-hybridized carbons (Fsp3) is 0.333. The number of rotatable bonds is 4. The van der Waals surface area contributed by atoms with Crippen LogP contribution in [-0.4, -0.2) is 7.11 Å². The van der Waals surface area contributed by atoms with E-state index in [1.807, 2.05) is 11.3 Å². The van der Waals surface area contributed by atoms with Crippen molar-refractivity contribution in [1.82, 2.24) is 0 Å². The molecule has 1 aromatic carbocycles. The Kier molecular flexibility index (Phi) is 4.53. The molecule has 2 nitrogen and oxygen atoms in total. The second-order valence-electron chi connectivity index (χ2n) is 4.56. The lowest BCUT2D eigenvalue weighted by Crippen LogP contribution is -2.01. The first-order valence-corrected chi connectivity index (χ1v) is 7.76. The quantitative estimate of drug-likeness (QED) is 0.840. The van der Waals surface area contributed by atoms with Gasteiger partial charge in [0, 0.05) is 32.0 Å². The SMILES string of the molecule is COc1c(C)ccc(NCc2cc(Br)c(C)s2)c1C. The van der Waals surface area contributed by atoms with Crippen LogP contribution >= 0.6 is 27.3 Å². The lowest BCUT2D eigenvalue weighted by Gasteiger charge is -2.14. The number of hydrogen-bond donors (Lipinski definition) is 1. The van der Waals surface area contributed by atoms with Gasteiger partial charge in [0.25, 0.3) is 0 Å². The summed E-state index contributed by atoms with van der Waals surface area (Å²) in [5.41, 5.74) is 3.46. The minimum absolute atomic E-state index is 0.837. The molecule has 1 aromatic heterocycles. The summed E-state index contributed by atoms with van der Waals surface area (Å²) in [6.07, 6.45) is 0. The van der Waals surface area contributed by atoms with E-state index < -0.39 is 0 Å². The molecule has 0 aliphatic carbocycles. The highest BCUT2D eigenvalue weighted by atomic mass is 79.9. The van der Waals surface area contributed by atoms with Crippen molar-refractivity contribution < 1.29 is 4.74 Å². The molecule has 102 valence electrons. The molecule has 19 heavy (non-hydrogen) atoms. The predicted molar refractivity (Wildman–Crippen MR) is 86.6 cm³/mol. The normalized spacial score (nSPS) is 10.6. The zero-order valence-electron chi connectivity index (χ0n) is 11.6. The fourth-order valence-electron chi connectivity index (χ4n) is 2.12. The zero-order valence-corrected chi connectivity index (χ0v) is 14.0. The van der Waals surface area contributed by atoms with Gasteiger partial charge in [-0.3, -0.25) is 0 Å². The van der Waals surface area contributed by atoms with Crippen LogP contribution in [0.4, 0.5) is 5.69 Å². The van der Waals surface area contributed by atoms with Gasteiger partial charge in [-0.2, -0.15) is 0 Å². The van der Waals surface area contributed by atoms with Crippen molar-refractivity contribution in [2.75, 3.05) is 12.4 Å². The summed E-state index contributed by atoms with van der Waals surface area (Å²) in [7, 11) is 1.72. The van der Waals surface area contributed by atoms with E-state index in [4.69, 9.17) is 4.74 Å². The summed E-state index contributed by atoms with van der Waals surface area (Å²) < 4.78 is 6.63. The summed E-state index contributed by atoms with van der Waals surface area (Å²) >= 11 is 5.36. The largest absolute Gasteiger partial charge is 0.496 e. The van der Waals surface area contributed by atoms with Gasteiger partial charge in [0.1, 0.15) is 5.75 Å². The van der Waals surface area contributed by atoms with Crippen LogP contribution in [0.1, 0.15) is 20.9 Å². The molecule has 2 rings (SSSR count). The second kappa shape index (κ2) is 5.97. The van der Waals surface area contributed by atoms with E-state index in [9.17, 15) is 0 Å². The molecule has 0 radical (unpaired) electrons. The Hall–Kier alpha value is -1.000. The second-order valence-corrected chi connectivity index (χ2v) is 6.75. The summed E-state index contributed by atoms with van der Waals surface area (Å²) in [5.74, 6) is 0.966. The van der Waals surface area contributed by atoms with Gasteiger partial charge in [-0.15, -0.1) is 11.3 Å². The summed E-state index contributed by atoms with van der Waals surface area (Å²) in [6.45, 7) is 7.11. The number of halogens is 1. The van der Waals surface area contributed by atoms with Crippen molar-refractivity contribution in [3.8, 4) is 5.75 Å². The van der Waals surface area contributed by atoms with E-state index in [1.54, 1.807) is 7.11 Å². The van der Waals surface area contributed by atoms with Crippen molar-refractivity contribution in [3.63, 3.8) is 0 Å². The smallest absolute Gasteiger partial charge is 0.126 e. The molecule has 0 saturated heterocycles. The van der Waals surface area contributed by atoms with Gasteiger partial charge < -0.3 is 10.1 Å². The highest BCUT2D eigenvalue weighted by Crippen LogP contribution is 2.31. The van der Waals surface area contributed by atoms with Crippen LogP contribution in [0.15, 0.2) is 22.7 Å². The Morgan fingerprint density at radius 1 is 1.26 bits per heavy atom. The van der Waals surface area contributed by atoms with Crippen molar-refractivity contribution in [2.45, 2.75) is 27.3 Å². The molecule has 0 spiro atoms. The van der Waals surface area contributed by atoms with Gasteiger partial charge in [0.2, 0.25) is 0 Å². The van der Waals surface area contributed by atoms with Crippen molar-refractivity contribution >= 4 is 33.0 Å². The van der Waals surface area contributed by atoms with Crippen molar-refractivity contribution in [2.24, 2.45) is 0 Å². The topological polar surface area (TPSA) is 21.3 Å². The van der Waals surface area contributed by atoms with Gasteiger partial charge in [-0.05, 0) is 54.4 Å². The first kappa shape index (κ1) is 14.4. The van der Waals surface area contributed by atoms with Crippen LogP contribution in [-0.2, 0) is 6.54 Å². The number of ether oxygens (including phenoxy) is 1. The Morgan fingerprint density at radius 3 is 2.58 bits per heavy atom. The van der Waals surface area contributed by atoms with E-state index in [1.165, 1.54) is 19.8 Å². The maximum Gasteiger partial charge on any atom is 0.126 e. The minimum atomic E-state index is 0.837. The van der Waals surface area contributed by atoms with Gasteiger partial charge in [-0.25, -0.2) is 0 Å². The number of aryl methyl sites for hydroxylation is 2. The predicted octanol–water partition coefficient (Wildman–Crippen LogP) is 5.06. The van der Waals surface area contributed by atoms with Crippen molar-refractivity contribution in [1.29, 1.82) is 0 Å². The van der Waals surface area contributed by atoms with Crippen LogP contribution in [0.25, 0.3) is 0 Å². The molecule has 0 saturated carbocycles. The van der Waals surface area contributed by atoms with E-state index in [2.05, 4.69) is 60.2 Å². The molecule has 1 heterocycles. The molecular formula is C15H18BrNOS. The third kappa shape index (κ3) is 3.12. The third-order valence-corrected chi connectivity index (χ3v) is 5.30. The highest BCUT2D eigenvalue weighted by Gasteiger charge is 2.08. The lowest BCUT2D eigenvalue weighted by molar-refractivity contribution is 0.409. The number of methoxy groups -OCH3 is 1. The molecule has 0 amide bonds. The Morgan fingerprint density at radius 2 is 2.00 bits per heavy atom. The summed E-state index contributed by atoms with van der Waals surface area (Å²) in [5, 5.41) is 3.48. The minimum Gasteiger partial charge on any atom is -0.496 e. The number of benzene rings is 1. The van der Waals surface area contributed by atoms with Gasteiger partial charge in [0.15, 0.2) is 0 Å². The first-order chi connectivity index (χ1) is 9.02. The van der Waals surface area contributed by atoms with Crippen LogP contribution in [0.5, 0.6) is 5.75 Å². The molecule has 4 heteroatoms. The van der Waals surface area contributed by atoms with Crippen LogP contribution in [0, 0.1) is 20.8 Å². The van der Waals surface area contributed by atoms with E-state index >= 15 is 0 Å². The number of thiophene rings is 1. The van der Waals surface area contributed by atoms with Gasteiger partial charge in [0.05, 0.1) is 7.11 Å². The van der Waals surface area contributed by atoms with Gasteiger partial charge in [-0.1, -0.05) is 6.07 Å². The summed E-state index contributed by atoms with van der Waals surface area (Å²) in [6, 6.07) is 6.38.